The number of nitrogens with one attached hydrogen (secondary N) is 1. The van der Waals surface area contributed by atoms with Crippen LogP contribution < -0.4 is 5.32 Å². The van der Waals surface area contributed by atoms with Crippen molar-refractivity contribution in [2.75, 3.05) is 20.1 Å². The minimum Gasteiger partial charge on any atom is -0.469 e. The van der Waals surface area contributed by atoms with Crippen LogP contribution in [-0.2, 0) is 6.42 Å². The quantitative estimate of drug-likeness (QED) is 0.843. The highest BCUT2D eigenvalue weighted by atomic mass is 16.3. The van der Waals surface area contributed by atoms with Crippen LogP contribution in [0.1, 0.15) is 25.5 Å². The van der Waals surface area contributed by atoms with Crippen LogP contribution >= 0.6 is 0 Å². The monoisotopic (exact) mass is 222 g/mol. The van der Waals surface area contributed by atoms with Crippen molar-refractivity contribution >= 4 is 0 Å². The first-order valence-corrected chi connectivity index (χ1v) is 6.21. The Morgan fingerprint density at radius 1 is 1.50 bits per heavy atom. The van der Waals surface area contributed by atoms with Gasteiger partial charge in [-0.15, -0.1) is 0 Å². The SMILES string of the molecule is CC(Cc1ccco1)NC1CCN(C)CC1. The summed E-state index contributed by atoms with van der Waals surface area (Å²) in [5.74, 6) is 1.08. The largest absolute Gasteiger partial charge is 0.469 e. The molecule has 1 aromatic rings. The summed E-state index contributed by atoms with van der Waals surface area (Å²) in [6, 6.07) is 5.19. The Hall–Kier alpha value is -0.800. The van der Waals surface area contributed by atoms with Crippen LogP contribution in [0.2, 0.25) is 0 Å². The minimum atomic E-state index is 0.500. The first kappa shape index (κ1) is 11.7. The molecule has 0 radical (unpaired) electrons. The van der Waals surface area contributed by atoms with Gasteiger partial charge in [-0.2, -0.15) is 0 Å². The molecular weight excluding hydrogens is 200 g/mol. The highest BCUT2D eigenvalue weighted by Crippen LogP contribution is 2.11. The van der Waals surface area contributed by atoms with E-state index in [0.717, 1.165) is 12.2 Å². The minimum absolute atomic E-state index is 0.500. The van der Waals surface area contributed by atoms with E-state index in [1.165, 1.54) is 25.9 Å². The lowest BCUT2D eigenvalue weighted by atomic mass is 10.0. The fraction of sp³-hybridized carbons (Fsp3) is 0.692. The standard InChI is InChI=1S/C13H22N2O/c1-11(10-13-4-3-9-16-13)14-12-5-7-15(2)8-6-12/h3-4,9,11-12,14H,5-8,10H2,1-2H3. The van der Waals surface area contributed by atoms with Crippen LogP contribution in [0.4, 0.5) is 0 Å². The maximum atomic E-state index is 5.36. The molecule has 1 aliphatic rings. The van der Waals surface area contributed by atoms with E-state index in [4.69, 9.17) is 4.42 Å². The van der Waals surface area contributed by atoms with Gasteiger partial charge in [0.1, 0.15) is 5.76 Å². The van der Waals surface area contributed by atoms with E-state index in [0.29, 0.717) is 12.1 Å². The molecule has 2 rings (SSSR count). The third kappa shape index (κ3) is 3.35. The first-order chi connectivity index (χ1) is 7.74. The first-order valence-electron chi connectivity index (χ1n) is 6.21. The predicted molar refractivity (Wildman–Crippen MR) is 65.5 cm³/mol. The molecule has 1 fully saturated rings. The molecular formula is C13H22N2O. The number of nitrogens with zero attached hydrogens (tertiary/aromatic N) is 1. The lowest BCUT2D eigenvalue weighted by Gasteiger charge is -2.31. The smallest absolute Gasteiger partial charge is 0.105 e. The molecule has 1 aliphatic heterocycles. The van der Waals surface area contributed by atoms with E-state index in [1.54, 1.807) is 6.26 Å². The molecule has 1 saturated heterocycles. The van der Waals surface area contributed by atoms with E-state index < -0.39 is 0 Å². The summed E-state index contributed by atoms with van der Waals surface area (Å²) < 4.78 is 5.36. The van der Waals surface area contributed by atoms with Crippen molar-refractivity contribution in [2.45, 2.75) is 38.3 Å². The van der Waals surface area contributed by atoms with Crippen molar-refractivity contribution in [3.8, 4) is 0 Å². The molecule has 2 heterocycles. The van der Waals surface area contributed by atoms with Gasteiger partial charge in [0.05, 0.1) is 6.26 Å². The Morgan fingerprint density at radius 2 is 2.25 bits per heavy atom. The molecule has 16 heavy (non-hydrogen) atoms. The van der Waals surface area contributed by atoms with Gasteiger partial charge in [0.25, 0.3) is 0 Å². The zero-order valence-corrected chi connectivity index (χ0v) is 10.3. The average Bonchev–Trinajstić information content (AvgIpc) is 2.74. The van der Waals surface area contributed by atoms with E-state index in [9.17, 15) is 0 Å². The van der Waals surface area contributed by atoms with Crippen LogP contribution in [0.3, 0.4) is 0 Å². The van der Waals surface area contributed by atoms with Crippen molar-refractivity contribution in [1.82, 2.24) is 10.2 Å². The molecule has 0 bridgehead atoms. The van der Waals surface area contributed by atoms with E-state index in [1.807, 2.05) is 12.1 Å². The van der Waals surface area contributed by atoms with E-state index >= 15 is 0 Å². The summed E-state index contributed by atoms with van der Waals surface area (Å²) in [5.41, 5.74) is 0. The van der Waals surface area contributed by atoms with Crippen molar-refractivity contribution in [1.29, 1.82) is 0 Å². The summed E-state index contributed by atoms with van der Waals surface area (Å²) in [7, 11) is 2.20. The second-order valence-electron chi connectivity index (χ2n) is 4.93. The fourth-order valence-electron chi connectivity index (χ4n) is 2.37. The molecule has 3 heteroatoms. The number of piperidine rings is 1. The van der Waals surface area contributed by atoms with Crippen LogP contribution in [0, 0.1) is 0 Å². The molecule has 1 aromatic heterocycles. The summed E-state index contributed by atoms with van der Waals surface area (Å²) in [4.78, 5) is 2.40. The van der Waals surface area contributed by atoms with E-state index in [2.05, 4.69) is 24.2 Å². The van der Waals surface area contributed by atoms with Crippen molar-refractivity contribution in [3.63, 3.8) is 0 Å². The lowest BCUT2D eigenvalue weighted by Crippen LogP contribution is -2.44. The Morgan fingerprint density at radius 3 is 2.88 bits per heavy atom. The maximum absolute atomic E-state index is 5.36. The number of furan rings is 1. The van der Waals surface area contributed by atoms with Gasteiger partial charge < -0.3 is 14.6 Å². The molecule has 1 atom stereocenters. The predicted octanol–water partition coefficient (Wildman–Crippen LogP) is 1.89. The van der Waals surface area contributed by atoms with Crippen LogP contribution in [-0.4, -0.2) is 37.1 Å². The number of hydrogen-bond acceptors (Lipinski definition) is 3. The van der Waals surface area contributed by atoms with E-state index in [-0.39, 0.29) is 0 Å². The maximum Gasteiger partial charge on any atom is 0.105 e. The molecule has 0 saturated carbocycles. The lowest BCUT2D eigenvalue weighted by molar-refractivity contribution is 0.225. The molecule has 1 N–H and O–H groups in total. The van der Waals surface area contributed by atoms with Gasteiger partial charge in [0.15, 0.2) is 0 Å². The summed E-state index contributed by atoms with van der Waals surface area (Å²) in [6.07, 6.45) is 5.26. The molecule has 90 valence electrons. The van der Waals surface area contributed by atoms with Gasteiger partial charge in [0.2, 0.25) is 0 Å². The second-order valence-corrected chi connectivity index (χ2v) is 4.93. The zero-order valence-electron chi connectivity index (χ0n) is 10.3. The van der Waals surface area contributed by atoms with Gasteiger partial charge in [0, 0.05) is 18.5 Å². The summed E-state index contributed by atoms with van der Waals surface area (Å²) in [5, 5.41) is 3.69. The Bertz CT molecular complexity index is 289. The van der Waals surface area contributed by atoms with Gasteiger partial charge in [-0.3, -0.25) is 0 Å². The van der Waals surface area contributed by atoms with Crippen LogP contribution in [0.25, 0.3) is 0 Å². The Kier molecular flexibility index (Phi) is 4.02. The summed E-state index contributed by atoms with van der Waals surface area (Å²) in [6.45, 7) is 4.66. The fourth-order valence-corrected chi connectivity index (χ4v) is 2.37. The number of hydrogen-bond donors (Lipinski definition) is 1. The number of rotatable bonds is 4. The number of likely N-dealkylation sites (tertiary alicyclic amines) is 1. The van der Waals surface area contributed by atoms with Crippen molar-refractivity contribution in [3.05, 3.63) is 24.2 Å². The van der Waals surface area contributed by atoms with Gasteiger partial charge in [-0.05, 0) is 52.0 Å². The van der Waals surface area contributed by atoms with Crippen LogP contribution in [0.15, 0.2) is 22.8 Å². The third-order valence-corrected chi connectivity index (χ3v) is 3.33. The van der Waals surface area contributed by atoms with Gasteiger partial charge in [-0.1, -0.05) is 0 Å². The summed E-state index contributed by atoms with van der Waals surface area (Å²) >= 11 is 0. The molecule has 0 spiro atoms. The average molecular weight is 222 g/mol. The second kappa shape index (κ2) is 5.51. The molecule has 1 unspecified atom stereocenters. The van der Waals surface area contributed by atoms with Gasteiger partial charge in [-0.25, -0.2) is 0 Å². The van der Waals surface area contributed by atoms with Gasteiger partial charge >= 0.3 is 0 Å². The molecule has 0 aromatic carbocycles. The van der Waals surface area contributed by atoms with Crippen LogP contribution in [0.5, 0.6) is 0 Å². The Balaban J connectivity index is 1.72. The van der Waals surface area contributed by atoms with Crippen molar-refractivity contribution in [2.24, 2.45) is 0 Å². The highest BCUT2D eigenvalue weighted by Gasteiger charge is 2.18. The highest BCUT2D eigenvalue weighted by molar-refractivity contribution is 5.00. The Labute approximate surface area is 97.8 Å². The van der Waals surface area contributed by atoms with Crippen molar-refractivity contribution < 1.29 is 4.42 Å². The molecule has 3 nitrogen and oxygen atoms in total. The third-order valence-electron chi connectivity index (χ3n) is 3.33. The zero-order chi connectivity index (χ0) is 11.4. The molecule has 0 aliphatic carbocycles. The topological polar surface area (TPSA) is 28.4 Å². The normalized spacial score (nSPS) is 21.1. The molecule has 0 amide bonds.